The molecule has 0 N–H and O–H groups in total. The summed E-state index contributed by atoms with van der Waals surface area (Å²) < 4.78 is 4.81. The van der Waals surface area contributed by atoms with Gasteiger partial charge in [0.2, 0.25) is 0 Å². The van der Waals surface area contributed by atoms with E-state index in [1.54, 1.807) is 0 Å². The van der Waals surface area contributed by atoms with E-state index in [9.17, 15) is 4.79 Å². The minimum atomic E-state index is -0.0305. The molecule has 2 rings (SSSR count). The normalized spacial score (nSPS) is 22.4. The Morgan fingerprint density at radius 3 is 2.65 bits per heavy atom. The summed E-state index contributed by atoms with van der Waals surface area (Å²) in [5.74, 6) is 1.18. The zero-order valence-electron chi connectivity index (χ0n) is 12.9. The number of ether oxygens (including phenoxy) is 1. The van der Waals surface area contributed by atoms with Gasteiger partial charge in [-0.3, -0.25) is 4.79 Å². The smallest absolute Gasteiger partial charge is 0.308 e. The van der Waals surface area contributed by atoms with E-state index < -0.39 is 0 Å². The van der Waals surface area contributed by atoms with Crippen molar-refractivity contribution in [2.45, 2.75) is 51.9 Å². The van der Waals surface area contributed by atoms with Gasteiger partial charge in [-0.05, 0) is 48.6 Å². The monoisotopic (exact) mass is 274 g/mol. The Kier molecular flexibility index (Phi) is 5.22. The summed E-state index contributed by atoms with van der Waals surface area (Å²) in [5, 5.41) is 0. The second-order valence-corrected chi connectivity index (χ2v) is 6.11. The molecule has 0 amide bonds. The molecule has 0 bridgehead atoms. The maximum Gasteiger partial charge on any atom is 0.308 e. The fraction of sp³-hybridized carbons (Fsp3) is 0.611. The lowest BCUT2D eigenvalue weighted by atomic mass is 9.93. The number of methoxy groups -OCH3 is 1. The highest BCUT2D eigenvalue weighted by molar-refractivity contribution is 5.75. The zero-order chi connectivity index (χ0) is 14.5. The van der Waals surface area contributed by atoms with E-state index >= 15 is 0 Å². The van der Waals surface area contributed by atoms with Gasteiger partial charge in [-0.25, -0.2) is 0 Å². The number of rotatable bonds is 7. The van der Waals surface area contributed by atoms with Gasteiger partial charge in [-0.2, -0.15) is 0 Å². The lowest BCUT2D eigenvalue weighted by Gasteiger charge is -2.12. The second kappa shape index (κ2) is 6.92. The third kappa shape index (κ3) is 3.84. The van der Waals surface area contributed by atoms with Gasteiger partial charge in [0.05, 0.1) is 13.0 Å². The molecular formula is C18H26O2. The van der Waals surface area contributed by atoms with Crippen LogP contribution in [0.5, 0.6) is 0 Å². The fourth-order valence-corrected chi connectivity index (χ4v) is 2.93. The predicted molar refractivity (Wildman–Crippen MR) is 81.7 cm³/mol. The number of carbonyl (C=O) groups excluding carboxylic acids is 1. The predicted octanol–water partition coefficient (Wildman–Crippen LogP) is 4.33. The Morgan fingerprint density at radius 2 is 2.05 bits per heavy atom. The standard InChI is InChI=1S/C18H26O2/c1-4-5-6-14-7-9-15(10-8-14)13(2)11-16-12-17(16)18(19)20-3/h7-10,13,16-17H,4-6,11-12H2,1-3H3. The molecule has 1 aliphatic rings. The SMILES string of the molecule is CCCCc1ccc(C(C)CC2CC2C(=O)OC)cc1. The maximum absolute atomic E-state index is 11.4. The van der Waals surface area contributed by atoms with Crippen LogP contribution in [-0.4, -0.2) is 13.1 Å². The summed E-state index contributed by atoms with van der Waals surface area (Å²) in [6, 6.07) is 9.02. The molecule has 20 heavy (non-hydrogen) atoms. The van der Waals surface area contributed by atoms with E-state index in [1.807, 2.05) is 0 Å². The van der Waals surface area contributed by atoms with E-state index in [1.165, 1.54) is 37.5 Å². The highest BCUT2D eigenvalue weighted by Gasteiger charge is 2.44. The van der Waals surface area contributed by atoms with E-state index in [0.29, 0.717) is 11.8 Å². The van der Waals surface area contributed by atoms with E-state index in [4.69, 9.17) is 4.74 Å². The molecule has 3 unspecified atom stereocenters. The third-order valence-corrected chi connectivity index (χ3v) is 4.45. The van der Waals surface area contributed by atoms with E-state index in [-0.39, 0.29) is 11.9 Å². The Bertz CT molecular complexity index is 435. The van der Waals surface area contributed by atoms with Crippen LogP contribution in [0.15, 0.2) is 24.3 Å². The largest absolute Gasteiger partial charge is 0.469 e. The number of benzene rings is 1. The van der Waals surface area contributed by atoms with Crippen molar-refractivity contribution in [3.8, 4) is 0 Å². The minimum absolute atomic E-state index is 0.0305. The molecule has 110 valence electrons. The molecule has 0 spiro atoms. The quantitative estimate of drug-likeness (QED) is 0.692. The molecular weight excluding hydrogens is 248 g/mol. The topological polar surface area (TPSA) is 26.3 Å². The van der Waals surface area contributed by atoms with Crippen molar-refractivity contribution in [2.75, 3.05) is 7.11 Å². The van der Waals surface area contributed by atoms with Crippen molar-refractivity contribution in [1.82, 2.24) is 0 Å². The van der Waals surface area contributed by atoms with Crippen LogP contribution >= 0.6 is 0 Å². The van der Waals surface area contributed by atoms with Crippen LogP contribution in [0.3, 0.4) is 0 Å². The van der Waals surface area contributed by atoms with Gasteiger partial charge in [-0.15, -0.1) is 0 Å². The van der Waals surface area contributed by atoms with Crippen LogP contribution in [0, 0.1) is 11.8 Å². The number of unbranched alkanes of at least 4 members (excludes halogenated alkanes) is 1. The van der Waals surface area contributed by atoms with Crippen LogP contribution < -0.4 is 0 Å². The Hall–Kier alpha value is -1.31. The molecule has 2 heteroatoms. The first-order valence-corrected chi connectivity index (χ1v) is 7.82. The van der Waals surface area contributed by atoms with Crippen LogP contribution in [-0.2, 0) is 16.0 Å². The summed E-state index contributed by atoms with van der Waals surface area (Å²) in [7, 11) is 1.48. The molecule has 1 saturated carbocycles. The number of hydrogen-bond acceptors (Lipinski definition) is 2. The first-order chi connectivity index (χ1) is 9.65. The van der Waals surface area contributed by atoms with Gasteiger partial charge in [-0.1, -0.05) is 44.5 Å². The average molecular weight is 274 g/mol. The van der Waals surface area contributed by atoms with E-state index in [0.717, 1.165) is 12.8 Å². The van der Waals surface area contributed by atoms with Crippen LogP contribution in [0.1, 0.15) is 56.6 Å². The molecule has 2 nitrogen and oxygen atoms in total. The second-order valence-electron chi connectivity index (χ2n) is 6.11. The molecule has 0 aromatic heterocycles. The Labute approximate surface area is 122 Å². The van der Waals surface area contributed by atoms with Crippen molar-refractivity contribution >= 4 is 5.97 Å². The molecule has 0 aliphatic heterocycles. The van der Waals surface area contributed by atoms with Crippen LogP contribution in [0.4, 0.5) is 0 Å². The summed E-state index contributed by atoms with van der Waals surface area (Å²) in [6.45, 7) is 4.48. The van der Waals surface area contributed by atoms with Gasteiger partial charge in [0.1, 0.15) is 0 Å². The average Bonchev–Trinajstić information content (AvgIpc) is 3.24. The molecule has 3 atom stereocenters. The maximum atomic E-state index is 11.4. The summed E-state index contributed by atoms with van der Waals surface area (Å²) >= 11 is 0. The fourth-order valence-electron chi connectivity index (χ4n) is 2.93. The summed E-state index contributed by atoms with van der Waals surface area (Å²) in [5.41, 5.74) is 2.82. The van der Waals surface area contributed by atoms with Crippen molar-refractivity contribution in [3.63, 3.8) is 0 Å². The summed E-state index contributed by atoms with van der Waals surface area (Å²) in [4.78, 5) is 11.4. The van der Waals surface area contributed by atoms with Crippen LogP contribution in [0.25, 0.3) is 0 Å². The molecule has 0 radical (unpaired) electrons. The molecule has 1 aromatic rings. The number of carbonyl (C=O) groups is 1. The first-order valence-electron chi connectivity index (χ1n) is 7.82. The van der Waals surface area contributed by atoms with Crippen molar-refractivity contribution in [2.24, 2.45) is 11.8 Å². The van der Waals surface area contributed by atoms with Gasteiger partial charge in [0, 0.05) is 0 Å². The van der Waals surface area contributed by atoms with Crippen molar-refractivity contribution in [1.29, 1.82) is 0 Å². The number of aryl methyl sites for hydroxylation is 1. The molecule has 1 aromatic carbocycles. The highest BCUT2D eigenvalue weighted by atomic mass is 16.5. The summed E-state index contributed by atoms with van der Waals surface area (Å²) in [6.07, 6.45) is 5.78. The first kappa shape index (κ1) is 15.1. The zero-order valence-corrected chi connectivity index (χ0v) is 12.9. The van der Waals surface area contributed by atoms with Gasteiger partial charge in [0.15, 0.2) is 0 Å². The lowest BCUT2D eigenvalue weighted by molar-refractivity contribution is -0.142. The minimum Gasteiger partial charge on any atom is -0.469 e. The third-order valence-electron chi connectivity index (χ3n) is 4.45. The highest BCUT2D eigenvalue weighted by Crippen LogP contribution is 2.45. The number of hydrogen-bond donors (Lipinski definition) is 0. The molecule has 1 aliphatic carbocycles. The lowest BCUT2D eigenvalue weighted by Crippen LogP contribution is -2.05. The van der Waals surface area contributed by atoms with Crippen molar-refractivity contribution < 1.29 is 9.53 Å². The Morgan fingerprint density at radius 1 is 1.35 bits per heavy atom. The molecule has 1 fully saturated rings. The Balaban J connectivity index is 1.84. The van der Waals surface area contributed by atoms with E-state index in [2.05, 4.69) is 38.1 Å². The van der Waals surface area contributed by atoms with Gasteiger partial charge in [0.25, 0.3) is 0 Å². The van der Waals surface area contributed by atoms with Crippen LogP contribution in [0.2, 0.25) is 0 Å². The van der Waals surface area contributed by atoms with Gasteiger partial charge >= 0.3 is 5.97 Å². The molecule has 0 saturated heterocycles. The number of esters is 1. The van der Waals surface area contributed by atoms with Crippen molar-refractivity contribution in [3.05, 3.63) is 35.4 Å². The van der Waals surface area contributed by atoms with Gasteiger partial charge < -0.3 is 4.74 Å². The molecule has 0 heterocycles.